The molecular weight excluding hydrogens is 379 g/mol. The Labute approximate surface area is 167 Å². The van der Waals surface area contributed by atoms with E-state index in [0.717, 1.165) is 18.4 Å². The molecule has 2 heteroatoms. The molecule has 2 aliphatic rings. The Hall–Kier alpha value is -0.907. The van der Waals surface area contributed by atoms with Crippen molar-refractivity contribution in [2.24, 2.45) is 0 Å². The fourth-order valence-corrected chi connectivity index (χ4v) is 2.13. The van der Waals surface area contributed by atoms with Crippen molar-refractivity contribution in [3.05, 3.63) is 89.6 Å². The summed E-state index contributed by atoms with van der Waals surface area (Å²) in [5.41, 5.74) is 4.97. The molecule has 0 amide bonds. The molecule has 1 aromatic carbocycles. The summed E-state index contributed by atoms with van der Waals surface area (Å²) in [6.07, 6.45) is 21.7. The minimum atomic E-state index is 0. The Morgan fingerprint density at radius 3 is 1.57 bits per heavy atom. The summed E-state index contributed by atoms with van der Waals surface area (Å²) >= 11 is 0. The van der Waals surface area contributed by atoms with Crippen molar-refractivity contribution in [1.82, 2.24) is 0 Å². The molecule has 0 aliphatic heterocycles. The molecular formula is C21H23ClZr. The van der Waals surface area contributed by atoms with E-state index in [2.05, 4.69) is 57.2 Å². The zero-order chi connectivity index (χ0) is 15.5. The zero-order valence-electron chi connectivity index (χ0n) is 14.1. The summed E-state index contributed by atoms with van der Waals surface area (Å²) in [6.45, 7) is 11.7. The number of benzene rings is 1. The van der Waals surface area contributed by atoms with Gasteiger partial charge in [0.15, 0.2) is 0 Å². The van der Waals surface area contributed by atoms with Crippen molar-refractivity contribution in [3.63, 3.8) is 0 Å². The van der Waals surface area contributed by atoms with Gasteiger partial charge in [0.25, 0.3) is 0 Å². The van der Waals surface area contributed by atoms with Gasteiger partial charge in [-0.05, 0) is 6.92 Å². The minimum absolute atomic E-state index is 0. The fourth-order valence-electron chi connectivity index (χ4n) is 2.13. The predicted molar refractivity (Wildman–Crippen MR) is 92.6 cm³/mol. The van der Waals surface area contributed by atoms with E-state index in [1.165, 1.54) is 16.7 Å². The molecule has 0 saturated heterocycles. The maximum Gasteiger partial charge on any atom is 4.00 e. The number of hydrogen-bond donors (Lipinski definition) is 0. The summed E-state index contributed by atoms with van der Waals surface area (Å²) in [5.74, 6) is 0. The second-order valence-electron chi connectivity index (χ2n) is 4.99. The molecule has 2 aliphatic carbocycles. The van der Waals surface area contributed by atoms with E-state index in [4.69, 9.17) is 6.58 Å². The van der Waals surface area contributed by atoms with Crippen LogP contribution in [0.25, 0.3) is 6.08 Å². The van der Waals surface area contributed by atoms with Gasteiger partial charge in [0.05, 0.1) is 0 Å². The first-order valence-corrected chi connectivity index (χ1v) is 7.21. The second kappa shape index (κ2) is 14.7. The average molecular weight is 402 g/mol. The van der Waals surface area contributed by atoms with Crippen LogP contribution in [0.3, 0.4) is 0 Å². The van der Waals surface area contributed by atoms with Crippen molar-refractivity contribution in [3.8, 4) is 0 Å². The number of halogens is 1. The summed E-state index contributed by atoms with van der Waals surface area (Å²) in [5, 5.41) is 0. The van der Waals surface area contributed by atoms with Crippen molar-refractivity contribution >= 4 is 6.08 Å². The Kier molecular flexibility index (Phi) is 15.5. The molecule has 0 unspecified atom stereocenters. The van der Waals surface area contributed by atoms with E-state index < -0.39 is 0 Å². The van der Waals surface area contributed by atoms with Gasteiger partial charge in [-0.3, -0.25) is 18.7 Å². The van der Waals surface area contributed by atoms with Gasteiger partial charge in [-0.15, -0.1) is 24.0 Å². The van der Waals surface area contributed by atoms with E-state index in [1.54, 1.807) is 6.08 Å². The third kappa shape index (κ3) is 10.5. The van der Waals surface area contributed by atoms with Gasteiger partial charge >= 0.3 is 26.2 Å². The molecule has 1 aromatic rings. The molecule has 118 valence electrons. The summed E-state index contributed by atoms with van der Waals surface area (Å²) < 4.78 is 0. The molecule has 3 rings (SSSR count). The van der Waals surface area contributed by atoms with Crippen LogP contribution in [0.2, 0.25) is 0 Å². The maximum atomic E-state index is 5.48. The van der Waals surface area contributed by atoms with Crippen molar-refractivity contribution in [2.75, 3.05) is 0 Å². The molecule has 0 fully saturated rings. The first-order chi connectivity index (χ1) is 10.1. The normalized spacial score (nSPS) is 12.3. The van der Waals surface area contributed by atoms with Crippen LogP contribution in [0.15, 0.2) is 48.6 Å². The molecule has 23 heavy (non-hydrogen) atoms. The first-order valence-electron chi connectivity index (χ1n) is 7.21. The van der Waals surface area contributed by atoms with Crippen LogP contribution in [-0.4, -0.2) is 0 Å². The minimum Gasteiger partial charge on any atom is -1.00 e. The van der Waals surface area contributed by atoms with Gasteiger partial charge in [-0.2, -0.15) is 17.7 Å². The molecule has 0 bridgehead atoms. The molecule has 0 aromatic heterocycles. The summed E-state index contributed by atoms with van der Waals surface area (Å²) in [7, 11) is 0. The van der Waals surface area contributed by atoms with E-state index >= 15 is 0 Å². The number of aryl methyl sites for hydroxylation is 3. The van der Waals surface area contributed by atoms with Crippen LogP contribution in [0.5, 0.6) is 0 Å². The standard InChI is InChI=1S/C11H13.2C5H5.ClH.Zr/c1-5-11-9(3)6-8(2)7-10(11)4;2*1-2-4-5-3-1;;/h1,5-7H,2-4H3;2*1-3H,4H2;1H;/q3*-1;;+4/p-1. The Morgan fingerprint density at radius 2 is 1.35 bits per heavy atom. The van der Waals surface area contributed by atoms with Gasteiger partial charge in [-0.1, -0.05) is 31.5 Å². The van der Waals surface area contributed by atoms with Crippen LogP contribution >= 0.6 is 0 Å². The smallest absolute Gasteiger partial charge is 1.00 e. The first kappa shape index (κ1) is 24.3. The molecule has 0 N–H and O–H groups in total. The number of allylic oxidation sites excluding steroid dienone is 8. The SMILES string of the molecule is [C-]1=CC=CC1.[C-]1=CC=CC1.[CH-]=Cc1c(C)cc(C)cc1C.[Cl-].[Zr+4]. The van der Waals surface area contributed by atoms with Crippen LogP contribution in [-0.2, 0) is 26.2 Å². The quantitative estimate of drug-likeness (QED) is 0.634. The van der Waals surface area contributed by atoms with Crippen molar-refractivity contribution < 1.29 is 38.6 Å². The number of rotatable bonds is 1. The Balaban J connectivity index is 0. The average Bonchev–Trinajstić information content (AvgIpc) is 3.17. The van der Waals surface area contributed by atoms with Crippen LogP contribution < -0.4 is 12.4 Å². The molecule has 0 atom stereocenters. The van der Waals surface area contributed by atoms with E-state index in [1.807, 2.05) is 24.3 Å². The predicted octanol–water partition coefficient (Wildman–Crippen LogP) is 2.67. The Morgan fingerprint density at radius 1 is 0.913 bits per heavy atom. The molecule has 0 heterocycles. The summed E-state index contributed by atoms with van der Waals surface area (Å²) in [4.78, 5) is 0. The van der Waals surface area contributed by atoms with Gasteiger partial charge < -0.3 is 12.4 Å². The maximum absolute atomic E-state index is 5.48. The Bertz CT molecular complexity index is 512. The second-order valence-corrected chi connectivity index (χ2v) is 4.99. The third-order valence-electron chi connectivity index (χ3n) is 3.08. The van der Waals surface area contributed by atoms with E-state index in [0.29, 0.717) is 0 Å². The van der Waals surface area contributed by atoms with Crippen LogP contribution in [0.4, 0.5) is 0 Å². The van der Waals surface area contributed by atoms with E-state index in [9.17, 15) is 0 Å². The molecule has 0 spiro atoms. The topological polar surface area (TPSA) is 0 Å². The number of hydrogen-bond acceptors (Lipinski definition) is 0. The van der Waals surface area contributed by atoms with Gasteiger partial charge in [-0.25, -0.2) is 30.4 Å². The van der Waals surface area contributed by atoms with Gasteiger partial charge in [0.1, 0.15) is 0 Å². The third-order valence-corrected chi connectivity index (χ3v) is 3.08. The largest absolute Gasteiger partial charge is 4.00 e. The van der Waals surface area contributed by atoms with Crippen LogP contribution in [0, 0.1) is 39.5 Å². The molecule has 0 radical (unpaired) electrons. The van der Waals surface area contributed by atoms with E-state index in [-0.39, 0.29) is 38.6 Å². The van der Waals surface area contributed by atoms with Gasteiger partial charge in [0, 0.05) is 0 Å². The molecule has 0 saturated carbocycles. The monoisotopic (exact) mass is 400 g/mol. The fraction of sp³-hybridized carbons (Fsp3) is 0.238. The summed E-state index contributed by atoms with van der Waals surface area (Å²) in [6, 6.07) is 4.29. The van der Waals surface area contributed by atoms with Gasteiger partial charge in [0.2, 0.25) is 0 Å². The van der Waals surface area contributed by atoms with Crippen LogP contribution in [0.1, 0.15) is 35.1 Å². The molecule has 0 nitrogen and oxygen atoms in total. The van der Waals surface area contributed by atoms with Crippen molar-refractivity contribution in [1.29, 1.82) is 0 Å². The van der Waals surface area contributed by atoms with Crippen molar-refractivity contribution in [2.45, 2.75) is 33.6 Å². The zero-order valence-corrected chi connectivity index (χ0v) is 17.3.